The number of nitrogens with two attached hydrogens (primary N) is 1. The van der Waals surface area contributed by atoms with Crippen molar-refractivity contribution in [1.82, 2.24) is 9.88 Å². The molecule has 3 aromatic carbocycles. The molecule has 0 radical (unpaired) electrons. The molecule has 5 N–H and O–H groups in total. The molecule has 0 aliphatic rings. The van der Waals surface area contributed by atoms with E-state index in [9.17, 15) is 19.8 Å². The van der Waals surface area contributed by atoms with Gasteiger partial charge in [0.15, 0.2) is 11.7 Å². The highest BCUT2D eigenvalue weighted by Gasteiger charge is 2.15. The van der Waals surface area contributed by atoms with Gasteiger partial charge in [0, 0.05) is 40.4 Å². The van der Waals surface area contributed by atoms with Crippen LogP contribution in [0.5, 0.6) is 11.6 Å². The number of ether oxygens (including phenoxy) is 1. The molecular formula is C30H32N4O5. The number of hydrogen-bond acceptors (Lipinski definition) is 7. The number of aromatic nitrogens is 1. The number of aromatic hydroxyl groups is 1. The average Bonchev–Trinajstić information content (AvgIpc) is 3.27. The van der Waals surface area contributed by atoms with Gasteiger partial charge in [-0.2, -0.15) is 0 Å². The number of aromatic amines is 1. The number of benzene rings is 3. The van der Waals surface area contributed by atoms with E-state index in [1.54, 1.807) is 66.9 Å². The lowest BCUT2D eigenvalue weighted by atomic mass is 10.00. The van der Waals surface area contributed by atoms with E-state index < -0.39 is 12.0 Å². The van der Waals surface area contributed by atoms with E-state index in [0.717, 1.165) is 13.1 Å². The lowest BCUT2D eigenvalue weighted by molar-refractivity contribution is 0.0716. The summed E-state index contributed by atoms with van der Waals surface area (Å²) < 4.78 is 5.70. The van der Waals surface area contributed by atoms with E-state index in [0.29, 0.717) is 45.6 Å². The minimum absolute atomic E-state index is 0.0729. The fourth-order valence-electron chi connectivity index (χ4n) is 4.25. The number of rotatable bonds is 12. The maximum atomic E-state index is 13.0. The van der Waals surface area contributed by atoms with E-state index in [4.69, 9.17) is 10.5 Å². The van der Waals surface area contributed by atoms with Crippen molar-refractivity contribution in [3.05, 3.63) is 89.0 Å². The van der Waals surface area contributed by atoms with Crippen LogP contribution < -0.4 is 10.5 Å². The number of fused-ring (bicyclic) bond motifs is 1. The number of H-pyrrole nitrogens is 1. The molecule has 9 heteroatoms. The van der Waals surface area contributed by atoms with Crippen molar-refractivity contribution in [2.24, 2.45) is 10.7 Å². The molecular weight excluding hydrogens is 496 g/mol. The second kappa shape index (κ2) is 12.4. The average molecular weight is 529 g/mol. The fourth-order valence-corrected chi connectivity index (χ4v) is 4.25. The molecule has 0 aliphatic carbocycles. The zero-order chi connectivity index (χ0) is 27.9. The number of primary amides is 1. The Hall–Kier alpha value is -4.47. The van der Waals surface area contributed by atoms with Gasteiger partial charge in [0.25, 0.3) is 0 Å². The van der Waals surface area contributed by atoms with Crippen molar-refractivity contribution >= 4 is 34.5 Å². The van der Waals surface area contributed by atoms with Gasteiger partial charge in [-0.05, 0) is 55.6 Å². The van der Waals surface area contributed by atoms with Gasteiger partial charge in [-0.15, -0.1) is 0 Å². The molecule has 4 rings (SSSR count). The SMILES string of the molecule is CCN(CC)CC(O)COc1ccc(N=Cc2c(O)[nH]c3cc(C(=O)c4cccc(C(N)=O)c4)ccc23)cc1. The summed E-state index contributed by atoms with van der Waals surface area (Å²) in [6.45, 7) is 6.61. The van der Waals surface area contributed by atoms with Gasteiger partial charge in [-0.25, -0.2) is 0 Å². The Labute approximate surface area is 226 Å². The van der Waals surface area contributed by atoms with E-state index >= 15 is 0 Å². The summed E-state index contributed by atoms with van der Waals surface area (Å²) in [5.41, 5.74) is 8.03. The molecule has 1 atom stereocenters. The fraction of sp³-hybridized carbons (Fsp3) is 0.233. The molecule has 9 nitrogen and oxygen atoms in total. The van der Waals surface area contributed by atoms with Crippen molar-refractivity contribution in [3.8, 4) is 11.6 Å². The number of amides is 1. The summed E-state index contributed by atoms with van der Waals surface area (Å²) in [5, 5.41) is 21.4. The molecule has 0 spiro atoms. The van der Waals surface area contributed by atoms with Crippen LogP contribution in [0.2, 0.25) is 0 Å². The molecule has 0 bridgehead atoms. The Morgan fingerprint density at radius 2 is 1.72 bits per heavy atom. The van der Waals surface area contributed by atoms with Gasteiger partial charge in [0.1, 0.15) is 18.5 Å². The summed E-state index contributed by atoms with van der Waals surface area (Å²) in [6, 6.07) is 18.4. The van der Waals surface area contributed by atoms with E-state index in [1.807, 2.05) is 0 Å². The lowest BCUT2D eigenvalue weighted by Gasteiger charge is -2.21. The van der Waals surface area contributed by atoms with Crippen molar-refractivity contribution < 1.29 is 24.5 Å². The molecule has 202 valence electrons. The van der Waals surface area contributed by atoms with Gasteiger partial charge in [0.05, 0.1) is 11.3 Å². The molecule has 1 amide bonds. The Balaban J connectivity index is 1.45. The van der Waals surface area contributed by atoms with Crippen LogP contribution >= 0.6 is 0 Å². The zero-order valence-electron chi connectivity index (χ0n) is 21.9. The largest absolute Gasteiger partial charge is 0.494 e. The number of aliphatic imine (C=N–C) groups is 1. The lowest BCUT2D eigenvalue weighted by Crippen LogP contribution is -2.35. The Morgan fingerprint density at radius 3 is 2.41 bits per heavy atom. The van der Waals surface area contributed by atoms with Crippen LogP contribution in [0, 0.1) is 0 Å². The van der Waals surface area contributed by atoms with Gasteiger partial charge in [0.2, 0.25) is 5.91 Å². The predicted molar refractivity (Wildman–Crippen MR) is 151 cm³/mol. The Morgan fingerprint density at radius 1 is 1.03 bits per heavy atom. The third-order valence-electron chi connectivity index (χ3n) is 6.47. The Kier molecular flexibility index (Phi) is 8.75. The summed E-state index contributed by atoms with van der Waals surface area (Å²) in [5.74, 6) is -0.324. The predicted octanol–water partition coefficient (Wildman–Crippen LogP) is 4.04. The number of nitrogens with zero attached hydrogens (tertiary/aromatic N) is 2. The molecule has 1 unspecified atom stereocenters. The van der Waals surface area contributed by atoms with Crippen LogP contribution in [0.25, 0.3) is 10.9 Å². The first-order valence-corrected chi connectivity index (χ1v) is 12.8. The molecule has 0 fully saturated rings. The van der Waals surface area contributed by atoms with Crippen LogP contribution in [-0.4, -0.2) is 70.3 Å². The maximum absolute atomic E-state index is 13.0. The molecule has 0 aliphatic heterocycles. The van der Waals surface area contributed by atoms with E-state index in [2.05, 4.69) is 28.7 Å². The first-order valence-electron chi connectivity index (χ1n) is 12.8. The van der Waals surface area contributed by atoms with Gasteiger partial charge in [-0.1, -0.05) is 38.1 Å². The zero-order valence-corrected chi connectivity index (χ0v) is 21.9. The van der Waals surface area contributed by atoms with Crippen molar-refractivity contribution in [1.29, 1.82) is 0 Å². The Bertz CT molecular complexity index is 1490. The highest BCUT2D eigenvalue weighted by atomic mass is 16.5. The monoisotopic (exact) mass is 528 g/mol. The van der Waals surface area contributed by atoms with Crippen molar-refractivity contribution in [3.63, 3.8) is 0 Å². The summed E-state index contributed by atoms with van der Waals surface area (Å²) in [7, 11) is 0. The van der Waals surface area contributed by atoms with Crippen molar-refractivity contribution in [2.75, 3.05) is 26.2 Å². The maximum Gasteiger partial charge on any atom is 0.248 e. The molecule has 0 saturated carbocycles. The standard InChI is InChI=1S/C30H32N4O5/c1-3-34(4-2)17-23(35)18-39-24-11-9-22(10-12-24)32-16-26-25-13-8-20(15-27(25)33-30(26)38)28(36)19-6-5-7-21(14-19)29(31)37/h5-16,23,33,35,38H,3-4,17-18H2,1-2H3,(H2,31,37). The smallest absolute Gasteiger partial charge is 0.248 e. The third-order valence-corrected chi connectivity index (χ3v) is 6.47. The second-order valence-electron chi connectivity index (χ2n) is 9.12. The number of likely N-dealkylation sites (N-methyl/N-ethyl adjacent to an activating group) is 1. The van der Waals surface area contributed by atoms with E-state index in [1.165, 1.54) is 6.07 Å². The highest BCUT2D eigenvalue weighted by molar-refractivity contribution is 6.12. The van der Waals surface area contributed by atoms with Crippen molar-refractivity contribution in [2.45, 2.75) is 20.0 Å². The van der Waals surface area contributed by atoms with Crippen LogP contribution in [-0.2, 0) is 0 Å². The number of aliphatic hydroxyl groups is 1. The second-order valence-corrected chi connectivity index (χ2v) is 9.12. The number of ketones is 1. The first kappa shape index (κ1) is 27.6. The topological polar surface area (TPSA) is 141 Å². The number of nitrogens with one attached hydrogen (secondary N) is 1. The third kappa shape index (κ3) is 6.70. The summed E-state index contributed by atoms with van der Waals surface area (Å²) in [4.78, 5) is 33.9. The number of aliphatic hydroxyl groups excluding tert-OH is 1. The molecule has 1 aromatic heterocycles. The summed E-state index contributed by atoms with van der Waals surface area (Å²) >= 11 is 0. The van der Waals surface area contributed by atoms with E-state index in [-0.39, 0.29) is 23.8 Å². The molecule has 39 heavy (non-hydrogen) atoms. The molecule has 0 saturated heterocycles. The van der Waals surface area contributed by atoms with Gasteiger partial charge in [-0.3, -0.25) is 14.6 Å². The number of hydrogen-bond donors (Lipinski definition) is 4. The minimum atomic E-state index is -0.606. The van der Waals surface area contributed by atoms with Gasteiger partial charge < -0.3 is 30.6 Å². The van der Waals surface area contributed by atoms with Gasteiger partial charge >= 0.3 is 0 Å². The van der Waals surface area contributed by atoms with Crippen LogP contribution in [0.3, 0.4) is 0 Å². The van der Waals surface area contributed by atoms with Crippen LogP contribution in [0.4, 0.5) is 5.69 Å². The minimum Gasteiger partial charge on any atom is -0.494 e. The first-order chi connectivity index (χ1) is 18.8. The normalized spacial score (nSPS) is 12.3. The molecule has 1 heterocycles. The summed E-state index contributed by atoms with van der Waals surface area (Å²) in [6.07, 6.45) is 0.971. The number of carbonyl (C=O) groups excluding carboxylic acids is 2. The molecule has 4 aromatic rings. The number of carbonyl (C=O) groups is 2. The highest BCUT2D eigenvalue weighted by Crippen LogP contribution is 2.28. The van der Waals surface area contributed by atoms with Crippen LogP contribution in [0.1, 0.15) is 45.7 Å². The van der Waals surface area contributed by atoms with Crippen LogP contribution in [0.15, 0.2) is 71.7 Å². The quantitative estimate of drug-likeness (QED) is 0.162.